The Morgan fingerprint density at radius 1 is 1.09 bits per heavy atom. The molecule has 1 amide bonds. The van der Waals surface area contributed by atoms with Crippen molar-refractivity contribution in [3.63, 3.8) is 0 Å². The number of amides is 1. The molecular formula is C24H23F2NO5. The van der Waals surface area contributed by atoms with Crippen LogP contribution in [0.5, 0.6) is 5.75 Å². The number of nitrogens with one attached hydrogen (secondary N) is 1. The lowest BCUT2D eigenvalue weighted by atomic mass is 10.0. The number of esters is 1. The lowest BCUT2D eigenvalue weighted by molar-refractivity contribution is -0.147. The van der Waals surface area contributed by atoms with Crippen LogP contribution in [0.25, 0.3) is 11.0 Å². The molecule has 32 heavy (non-hydrogen) atoms. The summed E-state index contributed by atoms with van der Waals surface area (Å²) in [6.45, 7) is -2.91. The summed E-state index contributed by atoms with van der Waals surface area (Å²) < 4.78 is 39.3. The van der Waals surface area contributed by atoms with E-state index >= 15 is 0 Å². The SMILES string of the molecule is O=C(COC(=O)Cc1coc2cc3c(cc12)CCC3)NCCc1ccc(OC(F)F)cc1. The average Bonchev–Trinajstić information content (AvgIpc) is 3.38. The van der Waals surface area contributed by atoms with Crippen LogP contribution in [0.2, 0.25) is 0 Å². The summed E-state index contributed by atoms with van der Waals surface area (Å²) in [5.41, 5.74) is 4.96. The van der Waals surface area contributed by atoms with Gasteiger partial charge in [-0.2, -0.15) is 8.78 Å². The lowest BCUT2D eigenvalue weighted by Crippen LogP contribution is -2.30. The summed E-state index contributed by atoms with van der Waals surface area (Å²) in [5, 5.41) is 3.58. The number of alkyl halides is 2. The molecule has 0 saturated carbocycles. The standard InChI is InChI=1S/C24H23F2NO5/c25-24(26)32-19-6-4-15(5-7-19)8-9-27-22(28)14-31-23(29)12-18-13-30-21-11-17-3-1-2-16(17)10-20(18)21/h4-7,10-11,13,24H,1-3,8-9,12,14H2,(H,27,28). The summed E-state index contributed by atoms with van der Waals surface area (Å²) >= 11 is 0. The summed E-state index contributed by atoms with van der Waals surface area (Å²) in [5.74, 6) is -0.835. The third-order valence-electron chi connectivity index (χ3n) is 5.45. The van der Waals surface area contributed by atoms with Gasteiger partial charge in [0.15, 0.2) is 6.61 Å². The van der Waals surface area contributed by atoms with Crippen molar-refractivity contribution in [2.75, 3.05) is 13.2 Å². The molecule has 0 atom stereocenters. The van der Waals surface area contributed by atoms with Gasteiger partial charge in [-0.3, -0.25) is 9.59 Å². The van der Waals surface area contributed by atoms with E-state index in [0.29, 0.717) is 13.0 Å². The van der Waals surface area contributed by atoms with E-state index in [-0.39, 0.29) is 18.8 Å². The molecule has 1 aliphatic rings. The summed E-state index contributed by atoms with van der Waals surface area (Å²) in [4.78, 5) is 24.1. The highest BCUT2D eigenvalue weighted by Crippen LogP contribution is 2.30. The van der Waals surface area contributed by atoms with Gasteiger partial charge in [-0.15, -0.1) is 0 Å². The van der Waals surface area contributed by atoms with Crippen molar-refractivity contribution < 1.29 is 32.3 Å². The molecule has 6 nitrogen and oxygen atoms in total. The van der Waals surface area contributed by atoms with Crippen LogP contribution >= 0.6 is 0 Å². The molecule has 0 spiro atoms. The fourth-order valence-corrected chi connectivity index (χ4v) is 3.87. The topological polar surface area (TPSA) is 77.8 Å². The Morgan fingerprint density at radius 3 is 2.59 bits per heavy atom. The van der Waals surface area contributed by atoms with Crippen LogP contribution in [0.1, 0.15) is 28.7 Å². The second-order valence-electron chi connectivity index (χ2n) is 7.69. The van der Waals surface area contributed by atoms with Gasteiger partial charge in [0, 0.05) is 17.5 Å². The van der Waals surface area contributed by atoms with Crippen LogP contribution in [0.4, 0.5) is 8.78 Å². The minimum atomic E-state index is -2.87. The number of carbonyl (C=O) groups excluding carboxylic acids is 2. The molecular weight excluding hydrogens is 420 g/mol. The number of carbonyl (C=O) groups is 2. The monoisotopic (exact) mass is 443 g/mol. The maximum Gasteiger partial charge on any atom is 0.387 e. The van der Waals surface area contributed by atoms with E-state index in [4.69, 9.17) is 9.15 Å². The van der Waals surface area contributed by atoms with Crippen LogP contribution in [0.3, 0.4) is 0 Å². The highest BCUT2D eigenvalue weighted by molar-refractivity contribution is 5.88. The Morgan fingerprint density at radius 2 is 1.84 bits per heavy atom. The fourth-order valence-electron chi connectivity index (χ4n) is 3.87. The van der Waals surface area contributed by atoms with Gasteiger partial charge in [0.1, 0.15) is 11.3 Å². The molecule has 168 valence electrons. The zero-order valence-electron chi connectivity index (χ0n) is 17.4. The number of benzene rings is 2. The minimum Gasteiger partial charge on any atom is -0.464 e. The minimum absolute atomic E-state index is 0.0338. The quantitative estimate of drug-likeness (QED) is 0.507. The van der Waals surface area contributed by atoms with Gasteiger partial charge in [-0.05, 0) is 66.6 Å². The molecule has 0 aliphatic heterocycles. The molecule has 0 saturated heterocycles. The molecule has 3 aromatic rings. The largest absolute Gasteiger partial charge is 0.464 e. The third-order valence-corrected chi connectivity index (χ3v) is 5.45. The third kappa shape index (κ3) is 5.43. The molecule has 1 aromatic heterocycles. The Bertz CT molecular complexity index is 1110. The number of hydrogen-bond acceptors (Lipinski definition) is 5. The van der Waals surface area contributed by atoms with Gasteiger partial charge >= 0.3 is 12.6 Å². The van der Waals surface area contributed by atoms with Crippen LogP contribution in [0.15, 0.2) is 47.1 Å². The second-order valence-corrected chi connectivity index (χ2v) is 7.69. The first-order valence-electron chi connectivity index (χ1n) is 10.5. The summed E-state index contributed by atoms with van der Waals surface area (Å²) in [6, 6.07) is 10.3. The van der Waals surface area contributed by atoms with Gasteiger partial charge < -0.3 is 19.2 Å². The number of ether oxygens (including phenoxy) is 2. The molecule has 8 heteroatoms. The van der Waals surface area contributed by atoms with E-state index < -0.39 is 18.5 Å². The normalized spacial score (nSPS) is 12.7. The van der Waals surface area contributed by atoms with Gasteiger partial charge in [-0.1, -0.05) is 12.1 Å². The summed E-state index contributed by atoms with van der Waals surface area (Å²) in [6.07, 6.45) is 5.32. The zero-order valence-corrected chi connectivity index (χ0v) is 17.4. The van der Waals surface area contributed by atoms with Crippen LogP contribution in [-0.4, -0.2) is 31.6 Å². The second kappa shape index (κ2) is 9.80. The Labute approximate surface area is 183 Å². The molecule has 1 N–H and O–H groups in total. The molecule has 0 radical (unpaired) electrons. The van der Waals surface area contributed by atoms with E-state index in [1.165, 1.54) is 23.3 Å². The molecule has 1 aliphatic carbocycles. The highest BCUT2D eigenvalue weighted by atomic mass is 19.3. The summed E-state index contributed by atoms with van der Waals surface area (Å²) in [7, 11) is 0. The van der Waals surface area contributed by atoms with Crippen molar-refractivity contribution in [2.24, 2.45) is 0 Å². The van der Waals surface area contributed by atoms with Crippen molar-refractivity contribution in [1.82, 2.24) is 5.32 Å². The predicted octanol–water partition coefficient (Wildman–Crippen LogP) is 3.97. The Kier molecular flexibility index (Phi) is 6.68. The zero-order chi connectivity index (χ0) is 22.5. The van der Waals surface area contributed by atoms with Crippen molar-refractivity contribution in [2.45, 2.75) is 38.7 Å². The smallest absolute Gasteiger partial charge is 0.387 e. The Balaban J connectivity index is 1.20. The van der Waals surface area contributed by atoms with Crippen molar-refractivity contribution in [3.05, 3.63) is 64.9 Å². The van der Waals surface area contributed by atoms with Crippen molar-refractivity contribution in [3.8, 4) is 5.75 Å². The first kappa shape index (κ1) is 21.8. The van der Waals surface area contributed by atoms with Crippen molar-refractivity contribution >= 4 is 22.8 Å². The van der Waals surface area contributed by atoms with Crippen LogP contribution in [-0.2, 0) is 40.0 Å². The van der Waals surface area contributed by atoms with Crippen LogP contribution < -0.4 is 10.1 Å². The number of furan rings is 1. The van der Waals surface area contributed by atoms with E-state index in [2.05, 4.69) is 16.1 Å². The number of halogens is 2. The molecule has 0 bridgehead atoms. The number of fused-ring (bicyclic) bond motifs is 2. The first-order valence-corrected chi connectivity index (χ1v) is 10.5. The Hall–Kier alpha value is -3.42. The van der Waals surface area contributed by atoms with Gasteiger partial charge in [-0.25, -0.2) is 0 Å². The van der Waals surface area contributed by atoms with E-state index in [1.54, 1.807) is 18.4 Å². The maximum atomic E-state index is 12.2. The van der Waals surface area contributed by atoms with Gasteiger partial charge in [0.05, 0.1) is 12.7 Å². The van der Waals surface area contributed by atoms with Gasteiger partial charge in [0.25, 0.3) is 5.91 Å². The highest BCUT2D eigenvalue weighted by Gasteiger charge is 2.17. The average molecular weight is 443 g/mol. The van der Waals surface area contributed by atoms with Crippen LogP contribution in [0, 0.1) is 0 Å². The van der Waals surface area contributed by atoms with E-state index in [9.17, 15) is 18.4 Å². The first-order chi connectivity index (χ1) is 15.5. The molecule has 1 heterocycles. The maximum absolute atomic E-state index is 12.2. The number of rotatable bonds is 9. The van der Waals surface area contributed by atoms with Crippen molar-refractivity contribution in [1.29, 1.82) is 0 Å². The molecule has 4 rings (SSSR count). The van der Waals surface area contributed by atoms with Gasteiger partial charge in [0.2, 0.25) is 0 Å². The lowest BCUT2D eigenvalue weighted by Gasteiger charge is -2.08. The molecule has 0 fully saturated rings. The molecule has 2 aromatic carbocycles. The van der Waals surface area contributed by atoms with E-state index in [0.717, 1.165) is 41.4 Å². The number of aryl methyl sites for hydroxylation is 2. The van der Waals surface area contributed by atoms with E-state index in [1.807, 2.05) is 6.07 Å². The predicted molar refractivity (Wildman–Crippen MR) is 113 cm³/mol. The molecule has 0 unspecified atom stereocenters. The fraction of sp³-hybridized carbons (Fsp3) is 0.333. The number of hydrogen-bond donors (Lipinski definition) is 1.